The standard InChI is InChI=1S/C8H16N2OS/c1-6-3-7(5-12-6)10-4-8(11)9-2/h6-7,10H,3-5H2,1-2H3,(H,9,11). The van der Waals surface area contributed by atoms with Gasteiger partial charge in [0.05, 0.1) is 6.54 Å². The van der Waals surface area contributed by atoms with Gasteiger partial charge < -0.3 is 10.6 Å². The molecule has 12 heavy (non-hydrogen) atoms. The summed E-state index contributed by atoms with van der Waals surface area (Å²) in [5, 5.41) is 6.56. The number of rotatable bonds is 3. The molecule has 2 atom stereocenters. The summed E-state index contributed by atoms with van der Waals surface area (Å²) in [6, 6.07) is 0.530. The van der Waals surface area contributed by atoms with Crippen molar-refractivity contribution in [3.63, 3.8) is 0 Å². The molecule has 0 radical (unpaired) electrons. The zero-order valence-corrected chi connectivity index (χ0v) is 8.41. The second-order valence-electron chi connectivity index (χ2n) is 3.13. The van der Waals surface area contributed by atoms with Gasteiger partial charge in [-0.05, 0) is 6.42 Å². The van der Waals surface area contributed by atoms with Gasteiger partial charge in [0.15, 0.2) is 0 Å². The van der Waals surface area contributed by atoms with Crippen molar-refractivity contribution >= 4 is 17.7 Å². The van der Waals surface area contributed by atoms with Gasteiger partial charge in [0.2, 0.25) is 5.91 Å². The first kappa shape index (κ1) is 9.86. The average Bonchev–Trinajstić information content (AvgIpc) is 2.47. The maximum absolute atomic E-state index is 10.9. The highest BCUT2D eigenvalue weighted by Crippen LogP contribution is 2.25. The van der Waals surface area contributed by atoms with Crippen molar-refractivity contribution in [2.24, 2.45) is 0 Å². The fourth-order valence-electron chi connectivity index (χ4n) is 1.28. The molecular weight excluding hydrogens is 172 g/mol. The molecule has 1 rings (SSSR count). The Morgan fingerprint density at radius 3 is 2.92 bits per heavy atom. The Kier molecular flexibility index (Phi) is 3.88. The summed E-state index contributed by atoms with van der Waals surface area (Å²) >= 11 is 1.97. The van der Waals surface area contributed by atoms with Crippen LogP contribution >= 0.6 is 11.8 Å². The number of thioether (sulfide) groups is 1. The fraction of sp³-hybridized carbons (Fsp3) is 0.875. The molecule has 0 aromatic carbocycles. The Balaban J connectivity index is 2.11. The predicted octanol–water partition coefficient (Wildman–Crippen LogP) is 0.216. The van der Waals surface area contributed by atoms with Gasteiger partial charge in [-0.3, -0.25) is 4.79 Å². The monoisotopic (exact) mass is 188 g/mol. The van der Waals surface area contributed by atoms with Crippen molar-refractivity contribution < 1.29 is 4.79 Å². The Morgan fingerprint density at radius 2 is 2.42 bits per heavy atom. The van der Waals surface area contributed by atoms with E-state index in [1.807, 2.05) is 11.8 Å². The van der Waals surface area contributed by atoms with Crippen LogP contribution in [0.4, 0.5) is 0 Å². The summed E-state index contributed by atoms with van der Waals surface area (Å²) in [7, 11) is 1.66. The predicted molar refractivity (Wildman–Crippen MR) is 52.4 cm³/mol. The van der Waals surface area contributed by atoms with Crippen molar-refractivity contribution in [1.82, 2.24) is 10.6 Å². The van der Waals surface area contributed by atoms with Gasteiger partial charge in [-0.1, -0.05) is 6.92 Å². The number of carbonyl (C=O) groups is 1. The first-order valence-electron chi connectivity index (χ1n) is 4.28. The lowest BCUT2D eigenvalue weighted by Gasteiger charge is -2.09. The van der Waals surface area contributed by atoms with E-state index < -0.39 is 0 Å². The number of nitrogens with one attached hydrogen (secondary N) is 2. The molecule has 1 aliphatic rings. The summed E-state index contributed by atoms with van der Waals surface area (Å²) in [6.45, 7) is 2.68. The maximum atomic E-state index is 10.9. The van der Waals surface area contributed by atoms with Crippen LogP contribution in [0.5, 0.6) is 0 Å². The number of likely N-dealkylation sites (N-methyl/N-ethyl adjacent to an activating group) is 1. The summed E-state index contributed by atoms with van der Waals surface area (Å²) < 4.78 is 0. The average molecular weight is 188 g/mol. The van der Waals surface area contributed by atoms with Gasteiger partial charge >= 0.3 is 0 Å². The minimum atomic E-state index is 0.0690. The van der Waals surface area contributed by atoms with Crippen LogP contribution in [-0.2, 0) is 4.79 Å². The van der Waals surface area contributed by atoms with Gasteiger partial charge in [-0.15, -0.1) is 0 Å². The first-order chi connectivity index (χ1) is 5.72. The van der Waals surface area contributed by atoms with E-state index in [4.69, 9.17) is 0 Å². The van der Waals surface area contributed by atoms with Crippen molar-refractivity contribution in [1.29, 1.82) is 0 Å². The van der Waals surface area contributed by atoms with Gasteiger partial charge in [0.25, 0.3) is 0 Å². The van der Waals surface area contributed by atoms with Crippen molar-refractivity contribution in [3.8, 4) is 0 Å². The van der Waals surface area contributed by atoms with Crippen LogP contribution < -0.4 is 10.6 Å². The van der Waals surface area contributed by atoms with Gasteiger partial charge in [0, 0.05) is 24.1 Å². The minimum Gasteiger partial charge on any atom is -0.358 e. The van der Waals surface area contributed by atoms with E-state index in [0.717, 1.165) is 11.0 Å². The quantitative estimate of drug-likeness (QED) is 0.665. The van der Waals surface area contributed by atoms with Crippen LogP contribution in [0.3, 0.4) is 0 Å². The normalized spacial score (nSPS) is 28.8. The molecule has 0 aliphatic carbocycles. The smallest absolute Gasteiger partial charge is 0.233 e. The Bertz CT molecular complexity index is 163. The zero-order valence-electron chi connectivity index (χ0n) is 7.59. The number of hydrogen-bond donors (Lipinski definition) is 2. The lowest BCUT2D eigenvalue weighted by Crippen LogP contribution is -2.38. The molecule has 1 aliphatic heterocycles. The maximum Gasteiger partial charge on any atom is 0.233 e. The van der Waals surface area contributed by atoms with E-state index in [-0.39, 0.29) is 5.91 Å². The molecular formula is C8H16N2OS. The van der Waals surface area contributed by atoms with Crippen LogP contribution in [0.25, 0.3) is 0 Å². The van der Waals surface area contributed by atoms with Gasteiger partial charge in [-0.2, -0.15) is 11.8 Å². The molecule has 2 unspecified atom stereocenters. The number of carbonyl (C=O) groups excluding carboxylic acids is 1. The van der Waals surface area contributed by atoms with Crippen LogP contribution in [0, 0.1) is 0 Å². The molecule has 1 saturated heterocycles. The molecule has 0 bridgehead atoms. The number of hydrogen-bond acceptors (Lipinski definition) is 3. The summed E-state index contributed by atoms with van der Waals surface area (Å²) in [6.07, 6.45) is 1.18. The Morgan fingerprint density at radius 1 is 1.67 bits per heavy atom. The third-order valence-electron chi connectivity index (χ3n) is 2.03. The Hall–Kier alpha value is -0.220. The van der Waals surface area contributed by atoms with Crippen LogP contribution in [0.2, 0.25) is 0 Å². The molecule has 0 saturated carbocycles. The third kappa shape index (κ3) is 3.03. The number of amides is 1. The molecule has 3 nitrogen and oxygen atoms in total. The van der Waals surface area contributed by atoms with E-state index in [9.17, 15) is 4.79 Å². The molecule has 4 heteroatoms. The molecule has 1 fully saturated rings. The van der Waals surface area contributed by atoms with Crippen molar-refractivity contribution in [2.75, 3.05) is 19.3 Å². The SMILES string of the molecule is CNC(=O)CNC1CSC(C)C1. The van der Waals surface area contributed by atoms with Crippen LogP contribution in [0.1, 0.15) is 13.3 Å². The van der Waals surface area contributed by atoms with Crippen molar-refractivity contribution in [3.05, 3.63) is 0 Å². The molecule has 0 aromatic rings. The van der Waals surface area contributed by atoms with Crippen molar-refractivity contribution in [2.45, 2.75) is 24.6 Å². The van der Waals surface area contributed by atoms with Crippen LogP contribution in [0.15, 0.2) is 0 Å². The second-order valence-corrected chi connectivity index (χ2v) is 4.60. The third-order valence-corrected chi connectivity index (χ3v) is 3.38. The summed E-state index contributed by atoms with van der Waals surface area (Å²) in [5.74, 6) is 1.21. The van der Waals surface area contributed by atoms with E-state index in [1.54, 1.807) is 7.05 Å². The largest absolute Gasteiger partial charge is 0.358 e. The first-order valence-corrected chi connectivity index (χ1v) is 5.33. The minimum absolute atomic E-state index is 0.0690. The molecule has 0 aromatic heterocycles. The summed E-state index contributed by atoms with van der Waals surface area (Å²) in [4.78, 5) is 10.9. The molecule has 1 amide bonds. The van der Waals surface area contributed by atoms with E-state index >= 15 is 0 Å². The highest BCUT2D eigenvalue weighted by atomic mass is 32.2. The second kappa shape index (κ2) is 4.72. The van der Waals surface area contributed by atoms with E-state index in [0.29, 0.717) is 12.6 Å². The van der Waals surface area contributed by atoms with Gasteiger partial charge in [0.1, 0.15) is 0 Å². The highest BCUT2D eigenvalue weighted by molar-refractivity contribution is 8.00. The van der Waals surface area contributed by atoms with E-state index in [2.05, 4.69) is 17.6 Å². The highest BCUT2D eigenvalue weighted by Gasteiger charge is 2.21. The lowest BCUT2D eigenvalue weighted by molar-refractivity contribution is -0.119. The topological polar surface area (TPSA) is 41.1 Å². The zero-order chi connectivity index (χ0) is 8.97. The van der Waals surface area contributed by atoms with E-state index in [1.165, 1.54) is 6.42 Å². The molecule has 70 valence electrons. The lowest BCUT2D eigenvalue weighted by atomic mass is 10.2. The fourth-order valence-corrected chi connectivity index (χ4v) is 2.47. The summed E-state index contributed by atoms with van der Waals surface area (Å²) in [5.41, 5.74) is 0. The molecule has 2 N–H and O–H groups in total. The Labute approximate surface area is 77.7 Å². The molecule has 0 spiro atoms. The molecule has 1 heterocycles. The van der Waals surface area contributed by atoms with Crippen LogP contribution in [-0.4, -0.2) is 36.5 Å². The van der Waals surface area contributed by atoms with Gasteiger partial charge in [-0.25, -0.2) is 0 Å².